The number of hydrogen-bond donors (Lipinski definition) is 0. The molecule has 0 heterocycles. The fourth-order valence-corrected chi connectivity index (χ4v) is 3.48. The lowest BCUT2D eigenvalue weighted by Crippen LogP contribution is -2.11. The fraction of sp³-hybridized carbons (Fsp3) is 0.250. The standard InChI is InChI=1S/C20H19N/c1-2-16-12-13-19(17-10-8-15(14-21)9-11-17)20(16)18-6-4-3-5-7-18/h3-11,13,16,19-20H,1-2,12H2. The maximum atomic E-state index is 8.94. The summed E-state index contributed by atoms with van der Waals surface area (Å²) in [5.41, 5.74) is 3.43. The highest BCUT2D eigenvalue weighted by Gasteiger charge is 2.36. The highest BCUT2D eigenvalue weighted by molar-refractivity contribution is 5.38. The van der Waals surface area contributed by atoms with Gasteiger partial charge in [-0.25, -0.2) is 0 Å². The van der Waals surface area contributed by atoms with Crippen LogP contribution in [0.25, 0.3) is 0 Å². The Morgan fingerprint density at radius 2 is 1.71 bits per heavy atom. The molecule has 2 aromatic carbocycles. The molecule has 2 aromatic rings. The van der Waals surface area contributed by atoms with Crippen LogP contribution in [-0.2, 0) is 0 Å². The first kappa shape index (κ1) is 13.9. The van der Waals surface area contributed by atoms with Gasteiger partial charge >= 0.3 is 0 Å². The molecular weight excluding hydrogens is 254 g/mol. The Bertz CT molecular complexity index is 621. The third kappa shape index (κ3) is 2.72. The average molecular weight is 273 g/mol. The van der Waals surface area contributed by atoms with Gasteiger partial charge in [-0.3, -0.25) is 0 Å². The summed E-state index contributed by atoms with van der Waals surface area (Å²) < 4.78 is 0. The van der Waals surface area contributed by atoms with Crippen molar-refractivity contribution in [2.24, 2.45) is 5.92 Å². The van der Waals surface area contributed by atoms with Crippen LogP contribution < -0.4 is 0 Å². The Kier molecular flexibility index (Phi) is 4.06. The second-order valence-corrected chi connectivity index (χ2v) is 5.72. The van der Waals surface area contributed by atoms with E-state index in [-0.39, 0.29) is 0 Å². The van der Waals surface area contributed by atoms with Gasteiger partial charge in [0.2, 0.25) is 0 Å². The molecule has 104 valence electrons. The minimum absolute atomic E-state index is 0.423. The van der Waals surface area contributed by atoms with Crippen LogP contribution in [0.1, 0.15) is 41.4 Å². The molecule has 0 aliphatic heterocycles. The molecule has 3 rings (SSSR count). The van der Waals surface area contributed by atoms with E-state index < -0.39 is 0 Å². The van der Waals surface area contributed by atoms with Crippen molar-refractivity contribution in [1.29, 1.82) is 5.26 Å². The van der Waals surface area contributed by atoms with Crippen molar-refractivity contribution in [3.05, 3.63) is 84.6 Å². The lowest BCUT2D eigenvalue weighted by Gasteiger charge is -2.25. The molecule has 1 heteroatoms. The molecule has 0 N–H and O–H groups in total. The first-order valence-electron chi connectivity index (χ1n) is 7.51. The first-order chi connectivity index (χ1) is 10.3. The smallest absolute Gasteiger partial charge is 0.0991 e. The van der Waals surface area contributed by atoms with Crippen molar-refractivity contribution < 1.29 is 0 Å². The molecule has 1 aliphatic rings. The molecular formula is C20H19N. The van der Waals surface area contributed by atoms with Crippen molar-refractivity contribution in [3.63, 3.8) is 0 Å². The first-order valence-corrected chi connectivity index (χ1v) is 7.51. The van der Waals surface area contributed by atoms with Gasteiger partial charge in [-0.2, -0.15) is 5.26 Å². The molecule has 21 heavy (non-hydrogen) atoms. The fourth-order valence-electron chi connectivity index (χ4n) is 3.48. The minimum Gasteiger partial charge on any atom is -0.192 e. The Hall–Kier alpha value is -2.07. The lowest BCUT2D eigenvalue weighted by molar-refractivity contribution is 0.468. The second kappa shape index (κ2) is 6.14. The van der Waals surface area contributed by atoms with Crippen LogP contribution in [0, 0.1) is 30.6 Å². The van der Waals surface area contributed by atoms with Gasteiger partial charge in [0.15, 0.2) is 0 Å². The van der Waals surface area contributed by atoms with Gasteiger partial charge in [-0.05, 0) is 60.3 Å². The molecule has 1 saturated carbocycles. The lowest BCUT2D eigenvalue weighted by atomic mass is 9.79. The van der Waals surface area contributed by atoms with E-state index in [4.69, 9.17) is 5.26 Å². The van der Waals surface area contributed by atoms with Crippen molar-refractivity contribution >= 4 is 0 Å². The highest BCUT2D eigenvalue weighted by atomic mass is 14.4. The zero-order chi connectivity index (χ0) is 14.7. The van der Waals surface area contributed by atoms with Gasteiger partial charge in [0.1, 0.15) is 0 Å². The molecule has 0 amide bonds. The van der Waals surface area contributed by atoms with E-state index in [2.05, 4.69) is 61.9 Å². The van der Waals surface area contributed by atoms with Crippen molar-refractivity contribution in [3.8, 4) is 6.07 Å². The van der Waals surface area contributed by atoms with Crippen molar-refractivity contribution in [1.82, 2.24) is 0 Å². The van der Waals surface area contributed by atoms with Gasteiger partial charge in [-0.15, -0.1) is 0 Å². The monoisotopic (exact) mass is 273 g/mol. The summed E-state index contributed by atoms with van der Waals surface area (Å²) in [6.07, 6.45) is 4.51. The topological polar surface area (TPSA) is 23.8 Å². The van der Waals surface area contributed by atoms with Crippen LogP contribution in [-0.4, -0.2) is 0 Å². The Morgan fingerprint density at radius 1 is 1.00 bits per heavy atom. The van der Waals surface area contributed by atoms with Crippen LogP contribution in [0.4, 0.5) is 0 Å². The number of benzene rings is 2. The van der Waals surface area contributed by atoms with Crippen LogP contribution in [0.2, 0.25) is 0 Å². The number of hydrogen-bond acceptors (Lipinski definition) is 1. The van der Waals surface area contributed by atoms with Crippen LogP contribution in [0.5, 0.6) is 0 Å². The zero-order valence-electron chi connectivity index (χ0n) is 12.1. The third-order valence-electron chi connectivity index (χ3n) is 4.57. The summed E-state index contributed by atoms with van der Waals surface area (Å²) in [7, 11) is 0. The molecule has 2 radical (unpaired) electrons. The summed E-state index contributed by atoms with van der Waals surface area (Å²) >= 11 is 0. The summed E-state index contributed by atoms with van der Waals surface area (Å²) in [5, 5.41) is 8.94. The van der Waals surface area contributed by atoms with Gasteiger partial charge in [0.25, 0.3) is 0 Å². The Labute approximate surface area is 127 Å². The summed E-state index contributed by atoms with van der Waals surface area (Å²) in [5.74, 6) is 1.52. The summed E-state index contributed by atoms with van der Waals surface area (Å²) in [6, 6.07) is 21.0. The average Bonchev–Trinajstić information content (AvgIpc) is 2.99. The van der Waals surface area contributed by atoms with E-state index >= 15 is 0 Å². The summed E-state index contributed by atoms with van der Waals surface area (Å²) in [4.78, 5) is 0. The molecule has 0 saturated heterocycles. The quantitative estimate of drug-likeness (QED) is 0.782. The van der Waals surface area contributed by atoms with Crippen LogP contribution in [0.15, 0.2) is 54.6 Å². The third-order valence-corrected chi connectivity index (χ3v) is 4.57. The van der Waals surface area contributed by atoms with E-state index in [9.17, 15) is 0 Å². The van der Waals surface area contributed by atoms with Crippen LogP contribution >= 0.6 is 0 Å². The number of rotatable bonds is 3. The Balaban J connectivity index is 1.94. The summed E-state index contributed by atoms with van der Waals surface area (Å²) in [6.45, 7) is 4.14. The molecule has 1 nitrogen and oxygen atoms in total. The minimum atomic E-state index is 0.423. The molecule has 3 atom stereocenters. The highest BCUT2D eigenvalue weighted by Crippen LogP contribution is 2.50. The molecule has 3 unspecified atom stereocenters. The molecule has 1 fully saturated rings. The Morgan fingerprint density at radius 3 is 2.33 bits per heavy atom. The van der Waals surface area contributed by atoms with Gasteiger partial charge in [0, 0.05) is 0 Å². The molecule has 0 aromatic heterocycles. The maximum absolute atomic E-state index is 8.94. The van der Waals surface area contributed by atoms with Crippen molar-refractivity contribution in [2.45, 2.75) is 24.7 Å². The molecule has 0 spiro atoms. The van der Waals surface area contributed by atoms with Gasteiger partial charge in [-0.1, -0.05) is 49.4 Å². The van der Waals surface area contributed by atoms with Crippen LogP contribution in [0.3, 0.4) is 0 Å². The van der Waals surface area contributed by atoms with Crippen molar-refractivity contribution in [2.75, 3.05) is 0 Å². The predicted molar refractivity (Wildman–Crippen MR) is 85.5 cm³/mol. The van der Waals surface area contributed by atoms with E-state index in [1.54, 1.807) is 0 Å². The maximum Gasteiger partial charge on any atom is 0.0991 e. The normalized spacial score (nSPS) is 24.7. The second-order valence-electron chi connectivity index (χ2n) is 5.72. The van der Waals surface area contributed by atoms with Gasteiger partial charge < -0.3 is 0 Å². The zero-order valence-corrected chi connectivity index (χ0v) is 12.1. The van der Waals surface area contributed by atoms with Gasteiger partial charge in [0.05, 0.1) is 11.6 Å². The SMILES string of the molecule is [CH2]CC1C[CH]C(c2ccc(C#N)cc2)C1c1ccccc1. The largest absolute Gasteiger partial charge is 0.192 e. The molecule has 0 bridgehead atoms. The van der Waals surface area contributed by atoms with E-state index in [1.807, 2.05) is 12.1 Å². The van der Waals surface area contributed by atoms with E-state index in [1.165, 1.54) is 11.1 Å². The molecule has 1 aliphatic carbocycles. The number of nitriles is 1. The van der Waals surface area contributed by atoms with E-state index in [0.29, 0.717) is 17.8 Å². The predicted octanol–water partition coefficient (Wildman–Crippen LogP) is 4.87. The van der Waals surface area contributed by atoms with E-state index in [0.717, 1.165) is 18.4 Å². The number of nitrogens with zero attached hydrogens (tertiary/aromatic N) is 1.